The monoisotopic (exact) mass is 164 g/mol. The zero-order chi connectivity index (χ0) is 8.81. The van der Waals surface area contributed by atoms with Crippen LogP contribution >= 0.6 is 0 Å². The molecule has 3 nitrogen and oxygen atoms in total. The summed E-state index contributed by atoms with van der Waals surface area (Å²) >= 11 is 0. The number of carbonyl (C=O) groups is 1. The van der Waals surface area contributed by atoms with E-state index >= 15 is 0 Å². The third-order valence-corrected chi connectivity index (χ3v) is 1.30. The lowest BCUT2D eigenvalue weighted by molar-refractivity contribution is -0.227. The predicted octanol–water partition coefficient (Wildman–Crippen LogP) is 1.72. The molecule has 1 rings (SSSR count). The van der Waals surface area contributed by atoms with Crippen molar-refractivity contribution in [3.8, 4) is 0 Å². The van der Waals surface area contributed by atoms with E-state index in [1.807, 2.05) is 30.3 Å². The molecule has 0 saturated carbocycles. The number of rotatable bonds is 2. The summed E-state index contributed by atoms with van der Waals surface area (Å²) in [6, 6.07) is 9.25. The fourth-order valence-electron chi connectivity index (χ4n) is 0.759. The molecule has 1 aromatic carbocycles. The van der Waals surface area contributed by atoms with Crippen LogP contribution in [0, 0.1) is 0 Å². The molecule has 1 aromatic rings. The van der Waals surface area contributed by atoms with Crippen molar-refractivity contribution < 1.29 is 14.9 Å². The first-order valence-corrected chi connectivity index (χ1v) is 3.41. The molecule has 0 atom stereocenters. The average Bonchev–Trinajstić information content (AvgIpc) is 2.16. The number of hydrogen-bond acceptors (Lipinski definition) is 3. The van der Waals surface area contributed by atoms with Crippen molar-refractivity contribution in [2.75, 3.05) is 0 Å². The molecule has 0 unspecified atom stereocenters. The highest BCUT2D eigenvalue weighted by atomic mass is 17.1. The van der Waals surface area contributed by atoms with Gasteiger partial charge in [0.1, 0.15) is 0 Å². The lowest BCUT2D eigenvalue weighted by atomic mass is 10.2. The molecule has 0 saturated heterocycles. The molecule has 0 aromatic heterocycles. The summed E-state index contributed by atoms with van der Waals surface area (Å²) in [4.78, 5) is 13.9. The Labute approximate surface area is 69.8 Å². The van der Waals surface area contributed by atoms with Gasteiger partial charge < -0.3 is 0 Å². The molecule has 0 fully saturated rings. The van der Waals surface area contributed by atoms with E-state index in [-0.39, 0.29) is 0 Å². The van der Waals surface area contributed by atoms with Gasteiger partial charge in [0.15, 0.2) is 0 Å². The first-order valence-electron chi connectivity index (χ1n) is 3.41. The highest BCUT2D eigenvalue weighted by Gasteiger charge is 1.91. The second-order valence-electron chi connectivity index (χ2n) is 2.15. The van der Waals surface area contributed by atoms with Crippen molar-refractivity contribution in [1.82, 2.24) is 0 Å². The Balaban J connectivity index is 2.64. The molecule has 0 spiro atoms. The van der Waals surface area contributed by atoms with Gasteiger partial charge in [-0.25, -0.2) is 4.79 Å². The Morgan fingerprint density at radius 3 is 2.58 bits per heavy atom. The summed E-state index contributed by atoms with van der Waals surface area (Å²) in [7, 11) is 0. The van der Waals surface area contributed by atoms with Crippen LogP contribution in [0.25, 0.3) is 6.08 Å². The van der Waals surface area contributed by atoms with Gasteiger partial charge in [-0.05, 0) is 11.6 Å². The Morgan fingerprint density at radius 2 is 2.00 bits per heavy atom. The second kappa shape index (κ2) is 4.31. The van der Waals surface area contributed by atoms with Crippen LogP contribution in [-0.2, 0) is 9.68 Å². The molecule has 3 heteroatoms. The maximum atomic E-state index is 10.4. The first kappa shape index (κ1) is 8.49. The van der Waals surface area contributed by atoms with Gasteiger partial charge in [-0.15, -0.1) is 0 Å². The van der Waals surface area contributed by atoms with Crippen molar-refractivity contribution in [3.63, 3.8) is 0 Å². The van der Waals surface area contributed by atoms with E-state index in [4.69, 9.17) is 5.26 Å². The molecule has 0 aliphatic rings. The molecule has 0 heterocycles. The summed E-state index contributed by atoms with van der Waals surface area (Å²) in [6.07, 6.45) is 2.70. The van der Waals surface area contributed by atoms with Crippen molar-refractivity contribution in [2.24, 2.45) is 0 Å². The van der Waals surface area contributed by atoms with Gasteiger partial charge in [-0.1, -0.05) is 30.3 Å². The number of benzene rings is 1. The van der Waals surface area contributed by atoms with Crippen LogP contribution in [0.5, 0.6) is 0 Å². The number of carbonyl (C=O) groups excluding carboxylic acids is 1. The Morgan fingerprint density at radius 1 is 1.33 bits per heavy atom. The minimum Gasteiger partial charge on any atom is -0.296 e. The second-order valence-corrected chi connectivity index (χ2v) is 2.15. The zero-order valence-corrected chi connectivity index (χ0v) is 6.31. The van der Waals surface area contributed by atoms with Crippen LogP contribution in [-0.4, -0.2) is 11.2 Å². The minimum atomic E-state index is -0.779. The summed E-state index contributed by atoms with van der Waals surface area (Å²) in [5.41, 5.74) is 0.878. The predicted molar refractivity (Wildman–Crippen MR) is 44.2 cm³/mol. The molecule has 0 aliphatic carbocycles. The summed E-state index contributed by atoms with van der Waals surface area (Å²) in [5, 5.41) is 7.91. The van der Waals surface area contributed by atoms with Gasteiger partial charge in [0.2, 0.25) is 0 Å². The van der Waals surface area contributed by atoms with E-state index in [9.17, 15) is 4.79 Å². The highest BCUT2D eigenvalue weighted by molar-refractivity contribution is 5.86. The van der Waals surface area contributed by atoms with E-state index in [2.05, 4.69) is 4.89 Å². The third-order valence-electron chi connectivity index (χ3n) is 1.30. The van der Waals surface area contributed by atoms with Gasteiger partial charge >= 0.3 is 5.97 Å². The Kier molecular flexibility index (Phi) is 3.04. The van der Waals surface area contributed by atoms with Crippen molar-refractivity contribution in [2.45, 2.75) is 0 Å². The molecule has 12 heavy (non-hydrogen) atoms. The largest absolute Gasteiger partial charge is 0.365 e. The zero-order valence-electron chi connectivity index (χ0n) is 6.31. The maximum absolute atomic E-state index is 10.4. The van der Waals surface area contributed by atoms with Crippen molar-refractivity contribution in [1.29, 1.82) is 0 Å². The first-order chi connectivity index (χ1) is 5.83. The van der Waals surface area contributed by atoms with Crippen LogP contribution in [0.15, 0.2) is 36.4 Å². The van der Waals surface area contributed by atoms with E-state index in [0.717, 1.165) is 11.6 Å². The van der Waals surface area contributed by atoms with Gasteiger partial charge in [-0.2, -0.15) is 5.26 Å². The summed E-state index contributed by atoms with van der Waals surface area (Å²) in [6.45, 7) is 0. The van der Waals surface area contributed by atoms with Crippen molar-refractivity contribution in [3.05, 3.63) is 42.0 Å². The van der Waals surface area contributed by atoms with Crippen LogP contribution in [0.1, 0.15) is 5.56 Å². The molecule has 62 valence electrons. The van der Waals surface area contributed by atoms with E-state index < -0.39 is 5.97 Å². The van der Waals surface area contributed by atoms with Gasteiger partial charge in [0.05, 0.1) is 0 Å². The van der Waals surface area contributed by atoms with E-state index in [1.165, 1.54) is 0 Å². The van der Waals surface area contributed by atoms with Crippen LogP contribution in [0.2, 0.25) is 0 Å². The molecular weight excluding hydrogens is 156 g/mol. The quantitative estimate of drug-likeness (QED) is 0.411. The topological polar surface area (TPSA) is 46.5 Å². The van der Waals surface area contributed by atoms with Crippen LogP contribution < -0.4 is 0 Å². The molecular formula is C9H8O3. The average molecular weight is 164 g/mol. The standard InChI is InChI=1S/C9H8O3/c10-9(12-11)7-6-8-4-2-1-3-5-8/h1-7,11H/b7-6+. The lowest BCUT2D eigenvalue weighted by Crippen LogP contribution is -1.93. The fraction of sp³-hybridized carbons (Fsp3) is 0. The molecule has 0 radical (unpaired) electrons. The van der Waals surface area contributed by atoms with Crippen molar-refractivity contribution >= 4 is 12.0 Å². The number of hydrogen-bond donors (Lipinski definition) is 1. The van der Waals surface area contributed by atoms with Crippen LogP contribution in [0.3, 0.4) is 0 Å². The smallest absolute Gasteiger partial charge is 0.296 e. The Hall–Kier alpha value is -1.61. The SMILES string of the molecule is O=C(/C=C/c1ccccc1)OO. The van der Waals surface area contributed by atoms with Gasteiger partial charge in [0.25, 0.3) is 0 Å². The molecule has 0 amide bonds. The van der Waals surface area contributed by atoms with Gasteiger partial charge in [-0.3, -0.25) is 4.89 Å². The molecule has 1 N–H and O–H groups in total. The normalized spacial score (nSPS) is 10.1. The lowest BCUT2D eigenvalue weighted by Gasteiger charge is -1.89. The van der Waals surface area contributed by atoms with Crippen LogP contribution in [0.4, 0.5) is 0 Å². The fourth-order valence-corrected chi connectivity index (χ4v) is 0.759. The van der Waals surface area contributed by atoms with E-state index in [0.29, 0.717) is 0 Å². The summed E-state index contributed by atoms with van der Waals surface area (Å²) < 4.78 is 0. The van der Waals surface area contributed by atoms with Gasteiger partial charge in [0, 0.05) is 6.08 Å². The van der Waals surface area contributed by atoms with E-state index in [1.54, 1.807) is 6.08 Å². The minimum absolute atomic E-state index is 0.779. The maximum Gasteiger partial charge on any atom is 0.365 e. The third kappa shape index (κ3) is 2.56. The Bertz CT molecular complexity index is 277. The molecule has 0 aliphatic heterocycles. The summed E-state index contributed by atoms with van der Waals surface area (Å²) in [5.74, 6) is -0.779. The highest BCUT2D eigenvalue weighted by Crippen LogP contribution is 2.00. The molecule has 0 bridgehead atoms.